The van der Waals surface area contributed by atoms with Crippen molar-refractivity contribution in [2.75, 3.05) is 47.1 Å². The predicted molar refractivity (Wildman–Crippen MR) is 166 cm³/mol. The second kappa shape index (κ2) is 13.6. The van der Waals surface area contributed by atoms with Gasteiger partial charge in [0.2, 0.25) is 0 Å². The third-order valence-corrected chi connectivity index (χ3v) is 8.69. The molecular formula is C34H37ClF2N2O5. The molecule has 234 valence electrons. The highest BCUT2D eigenvalue weighted by atomic mass is 35.5. The number of halogens is 3. The van der Waals surface area contributed by atoms with Gasteiger partial charge in [-0.25, -0.2) is 8.78 Å². The maximum atomic E-state index is 14.6. The van der Waals surface area contributed by atoms with Crippen LogP contribution in [-0.2, 0) is 28.0 Å². The molecular weight excluding hydrogens is 590 g/mol. The van der Waals surface area contributed by atoms with E-state index in [2.05, 4.69) is 4.90 Å². The molecule has 2 aliphatic heterocycles. The van der Waals surface area contributed by atoms with Gasteiger partial charge in [0.15, 0.2) is 0 Å². The average Bonchev–Trinajstić information content (AvgIpc) is 3.35. The average molecular weight is 627 g/mol. The van der Waals surface area contributed by atoms with Gasteiger partial charge in [0.1, 0.15) is 23.1 Å². The molecule has 0 amide bonds. The minimum absolute atomic E-state index is 0. The second-order valence-electron chi connectivity index (χ2n) is 11.2. The van der Waals surface area contributed by atoms with Gasteiger partial charge < -0.3 is 18.9 Å². The number of rotatable bonds is 9. The summed E-state index contributed by atoms with van der Waals surface area (Å²) in [5, 5.41) is 0.951. The Labute approximate surface area is 262 Å². The van der Waals surface area contributed by atoms with Crippen molar-refractivity contribution < 1.29 is 32.5 Å². The number of nitrogens with zero attached hydrogens (tertiary/aromatic N) is 2. The minimum atomic E-state index is -0.568. The van der Waals surface area contributed by atoms with Crippen molar-refractivity contribution in [1.82, 2.24) is 9.47 Å². The van der Waals surface area contributed by atoms with E-state index in [9.17, 15) is 13.6 Å². The summed E-state index contributed by atoms with van der Waals surface area (Å²) in [5.41, 5.74) is 3.31. The zero-order valence-corrected chi connectivity index (χ0v) is 25.8. The molecule has 2 aliphatic rings. The maximum absolute atomic E-state index is 14.6. The zero-order valence-electron chi connectivity index (χ0n) is 24.9. The molecule has 1 fully saturated rings. The Balaban J connectivity index is 0.00000384. The third-order valence-electron chi connectivity index (χ3n) is 8.69. The number of carbonyl (C=O) groups is 1. The van der Waals surface area contributed by atoms with Crippen molar-refractivity contribution >= 4 is 29.2 Å². The topological polar surface area (TPSA) is 62.2 Å². The lowest BCUT2D eigenvalue weighted by atomic mass is 9.86. The lowest BCUT2D eigenvalue weighted by Gasteiger charge is -2.36. The van der Waals surface area contributed by atoms with Gasteiger partial charge in [-0.05, 0) is 66.1 Å². The second-order valence-corrected chi connectivity index (χ2v) is 11.2. The van der Waals surface area contributed by atoms with Gasteiger partial charge in [-0.3, -0.25) is 14.3 Å². The summed E-state index contributed by atoms with van der Waals surface area (Å²) >= 11 is 0. The summed E-state index contributed by atoms with van der Waals surface area (Å²) in [6, 6.07) is 16.3. The molecule has 7 nitrogen and oxygen atoms in total. The first-order valence-corrected chi connectivity index (χ1v) is 14.7. The van der Waals surface area contributed by atoms with Gasteiger partial charge in [0.25, 0.3) is 5.91 Å². The van der Waals surface area contributed by atoms with Crippen LogP contribution in [0.25, 0.3) is 10.9 Å². The SMILES string of the molecule is COc1ccc2c(c1)c1c(n2C(=O)c2cccc(F)c2)CCN(CCCOc2cc(F)cc(C3(OC)CCOCC3)c2)C1.Cl. The van der Waals surface area contributed by atoms with E-state index in [-0.39, 0.29) is 24.1 Å². The van der Waals surface area contributed by atoms with E-state index < -0.39 is 11.4 Å². The number of benzene rings is 3. The molecule has 3 heterocycles. The van der Waals surface area contributed by atoms with Crippen molar-refractivity contribution in [3.8, 4) is 11.5 Å². The molecule has 44 heavy (non-hydrogen) atoms. The molecule has 0 spiro atoms. The van der Waals surface area contributed by atoms with Crippen molar-refractivity contribution in [2.45, 2.75) is 37.8 Å². The predicted octanol–water partition coefficient (Wildman–Crippen LogP) is 6.52. The summed E-state index contributed by atoms with van der Waals surface area (Å²) in [6.45, 7) is 3.77. The largest absolute Gasteiger partial charge is 0.497 e. The molecule has 1 saturated heterocycles. The van der Waals surface area contributed by atoms with Crippen LogP contribution in [0.4, 0.5) is 8.78 Å². The first-order chi connectivity index (χ1) is 20.9. The lowest BCUT2D eigenvalue weighted by molar-refractivity contribution is -0.0950. The molecule has 10 heteroatoms. The van der Waals surface area contributed by atoms with Crippen molar-refractivity contribution in [3.63, 3.8) is 0 Å². The van der Waals surface area contributed by atoms with Gasteiger partial charge >= 0.3 is 0 Å². The Morgan fingerprint density at radius 3 is 2.55 bits per heavy atom. The standard InChI is InChI=1S/C34H36F2N2O5.ClH/c1-40-27-7-8-31-29(21-27)30-22-37(13-9-32(30)38(31)33(39)23-5-3-6-25(35)17-23)12-4-14-43-28-19-24(18-26(36)20-28)34(41-2)10-15-42-16-11-34;/h3,5-8,17-21H,4,9-16,22H2,1-2H3;1H. The van der Waals surface area contributed by atoms with E-state index in [0.29, 0.717) is 62.7 Å². The highest BCUT2D eigenvalue weighted by Crippen LogP contribution is 2.38. The fraction of sp³-hybridized carbons (Fsp3) is 0.382. The first kappa shape index (κ1) is 31.9. The fourth-order valence-corrected chi connectivity index (χ4v) is 6.39. The van der Waals surface area contributed by atoms with E-state index in [0.717, 1.165) is 47.2 Å². The Bertz CT molecular complexity index is 1640. The van der Waals surface area contributed by atoms with E-state index in [4.69, 9.17) is 18.9 Å². The smallest absolute Gasteiger partial charge is 0.262 e. The Morgan fingerprint density at radius 1 is 0.977 bits per heavy atom. The molecule has 0 N–H and O–H groups in total. The molecule has 6 rings (SSSR count). The highest BCUT2D eigenvalue weighted by molar-refractivity contribution is 6.04. The molecule has 0 bridgehead atoms. The molecule has 1 aromatic heterocycles. The van der Waals surface area contributed by atoms with Crippen LogP contribution in [-0.4, -0.2) is 62.5 Å². The number of hydrogen-bond donors (Lipinski definition) is 0. The molecule has 0 atom stereocenters. The number of ether oxygens (including phenoxy) is 4. The molecule has 0 radical (unpaired) electrons. The zero-order chi connectivity index (χ0) is 30.0. The number of hydrogen-bond acceptors (Lipinski definition) is 6. The van der Waals surface area contributed by atoms with Crippen LogP contribution in [0.3, 0.4) is 0 Å². The summed E-state index contributed by atoms with van der Waals surface area (Å²) in [7, 11) is 3.28. The van der Waals surface area contributed by atoms with Crippen molar-refractivity contribution in [2.24, 2.45) is 0 Å². The Hall–Kier alpha value is -3.50. The normalized spacial score (nSPS) is 16.3. The van der Waals surface area contributed by atoms with Crippen LogP contribution in [0, 0.1) is 11.6 Å². The van der Waals surface area contributed by atoms with Gasteiger partial charge in [0, 0.05) is 81.9 Å². The third kappa shape index (κ3) is 6.33. The highest BCUT2D eigenvalue weighted by Gasteiger charge is 2.35. The van der Waals surface area contributed by atoms with Crippen LogP contribution in [0.15, 0.2) is 60.7 Å². The van der Waals surface area contributed by atoms with Gasteiger partial charge in [-0.2, -0.15) is 0 Å². The van der Waals surface area contributed by atoms with Crippen LogP contribution in [0.5, 0.6) is 11.5 Å². The van der Waals surface area contributed by atoms with E-state index in [1.807, 2.05) is 24.3 Å². The number of methoxy groups -OCH3 is 2. The summed E-state index contributed by atoms with van der Waals surface area (Å²) < 4.78 is 53.1. The number of carbonyl (C=O) groups excluding carboxylic acids is 1. The van der Waals surface area contributed by atoms with E-state index in [1.165, 1.54) is 24.3 Å². The quantitative estimate of drug-likeness (QED) is 0.197. The summed E-state index contributed by atoms with van der Waals surface area (Å²) in [5.74, 6) is 0.163. The molecule has 4 aromatic rings. The molecule has 0 unspecified atom stereocenters. The first-order valence-electron chi connectivity index (χ1n) is 14.7. The number of fused-ring (bicyclic) bond motifs is 3. The molecule has 3 aromatic carbocycles. The van der Waals surface area contributed by atoms with Crippen molar-refractivity contribution in [1.29, 1.82) is 0 Å². The Morgan fingerprint density at radius 2 is 1.80 bits per heavy atom. The van der Waals surface area contributed by atoms with Crippen LogP contribution in [0.2, 0.25) is 0 Å². The summed E-state index contributed by atoms with van der Waals surface area (Å²) in [4.78, 5) is 15.9. The molecule has 0 saturated carbocycles. The monoisotopic (exact) mass is 626 g/mol. The maximum Gasteiger partial charge on any atom is 0.262 e. The minimum Gasteiger partial charge on any atom is -0.497 e. The van der Waals surface area contributed by atoms with E-state index >= 15 is 0 Å². The van der Waals surface area contributed by atoms with Gasteiger partial charge in [0.05, 0.1) is 24.8 Å². The fourth-order valence-electron chi connectivity index (χ4n) is 6.39. The van der Waals surface area contributed by atoms with Gasteiger partial charge in [-0.1, -0.05) is 6.07 Å². The van der Waals surface area contributed by atoms with Crippen LogP contribution >= 0.6 is 12.4 Å². The van der Waals surface area contributed by atoms with Gasteiger partial charge in [-0.15, -0.1) is 12.4 Å². The van der Waals surface area contributed by atoms with Crippen LogP contribution < -0.4 is 9.47 Å². The molecule has 0 aliphatic carbocycles. The Kier molecular flexibility index (Phi) is 9.90. The number of aromatic nitrogens is 1. The van der Waals surface area contributed by atoms with Crippen molar-refractivity contribution in [3.05, 3.63) is 94.7 Å². The lowest BCUT2D eigenvalue weighted by Crippen LogP contribution is -2.35. The van der Waals surface area contributed by atoms with Crippen LogP contribution in [0.1, 0.15) is 46.4 Å². The van der Waals surface area contributed by atoms with E-state index in [1.54, 1.807) is 30.9 Å². The summed E-state index contributed by atoms with van der Waals surface area (Å²) in [6.07, 6.45) is 2.75.